The molecule has 0 saturated carbocycles. The summed E-state index contributed by atoms with van der Waals surface area (Å²) in [5, 5.41) is 3.49. The minimum Gasteiger partial charge on any atom is -0.322 e. The highest BCUT2D eigenvalue weighted by atomic mass is 35.5. The normalized spacial score (nSPS) is 15.8. The first-order valence-electron chi connectivity index (χ1n) is 9.47. The number of hydrogen-bond donors (Lipinski definition) is 1. The van der Waals surface area contributed by atoms with Gasteiger partial charge in [-0.1, -0.05) is 34.8 Å². The lowest BCUT2D eigenvalue weighted by atomic mass is 10.2. The van der Waals surface area contributed by atoms with E-state index in [9.17, 15) is 14.4 Å². The largest absolute Gasteiger partial charge is 0.322 e. The molecular formula is C23H15Cl3N2O3S. The van der Waals surface area contributed by atoms with Crippen molar-refractivity contribution in [3.05, 3.63) is 87.4 Å². The third-order valence-electron chi connectivity index (χ3n) is 4.76. The van der Waals surface area contributed by atoms with E-state index in [1.165, 1.54) is 22.7 Å². The van der Waals surface area contributed by atoms with Gasteiger partial charge in [-0.15, -0.1) is 11.8 Å². The van der Waals surface area contributed by atoms with Gasteiger partial charge in [0.25, 0.3) is 5.91 Å². The van der Waals surface area contributed by atoms with Gasteiger partial charge in [0.1, 0.15) is 0 Å². The van der Waals surface area contributed by atoms with E-state index in [1.54, 1.807) is 60.7 Å². The summed E-state index contributed by atoms with van der Waals surface area (Å²) in [6, 6.07) is 18.2. The molecule has 3 amide bonds. The van der Waals surface area contributed by atoms with E-state index >= 15 is 0 Å². The van der Waals surface area contributed by atoms with Gasteiger partial charge in [0.2, 0.25) is 11.8 Å². The molecular weight excluding hydrogens is 491 g/mol. The van der Waals surface area contributed by atoms with E-state index in [0.29, 0.717) is 27.0 Å². The molecule has 32 heavy (non-hydrogen) atoms. The zero-order chi connectivity index (χ0) is 22.8. The molecule has 9 heteroatoms. The molecule has 0 radical (unpaired) electrons. The first kappa shape index (κ1) is 22.7. The molecule has 1 saturated heterocycles. The quantitative estimate of drug-likeness (QED) is 0.412. The van der Waals surface area contributed by atoms with Crippen LogP contribution in [0.2, 0.25) is 15.1 Å². The van der Waals surface area contributed by atoms with Gasteiger partial charge in [0.05, 0.1) is 21.5 Å². The fourth-order valence-electron chi connectivity index (χ4n) is 3.21. The fraction of sp³-hybridized carbons (Fsp3) is 0.0870. The van der Waals surface area contributed by atoms with Crippen molar-refractivity contribution in [1.29, 1.82) is 0 Å². The highest BCUT2D eigenvalue weighted by Gasteiger charge is 2.40. The summed E-state index contributed by atoms with van der Waals surface area (Å²) in [4.78, 5) is 39.7. The molecule has 1 aliphatic rings. The van der Waals surface area contributed by atoms with Crippen molar-refractivity contribution in [2.75, 3.05) is 10.2 Å². The van der Waals surface area contributed by atoms with E-state index in [2.05, 4.69) is 5.32 Å². The minimum absolute atomic E-state index is 0.111. The Hall–Kier alpha value is -2.51. The molecule has 0 bridgehead atoms. The van der Waals surface area contributed by atoms with E-state index in [-0.39, 0.29) is 29.2 Å². The summed E-state index contributed by atoms with van der Waals surface area (Å²) in [7, 11) is 0. The molecule has 162 valence electrons. The van der Waals surface area contributed by atoms with Crippen LogP contribution in [0.1, 0.15) is 16.8 Å². The molecule has 0 aromatic heterocycles. The summed E-state index contributed by atoms with van der Waals surface area (Å²) < 4.78 is 0. The van der Waals surface area contributed by atoms with Gasteiger partial charge in [-0.3, -0.25) is 14.4 Å². The van der Waals surface area contributed by atoms with Crippen molar-refractivity contribution in [2.24, 2.45) is 0 Å². The SMILES string of the molecule is O=C(Nc1ccc(SC2CC(=O)N(c3ccc(Cl)cc3)C2=O)cc1)c1ccc(Cl)cc1Cl. The van der Waals surface area contributed by atoms with E-state index < -0.39 is 5.25 Å². The summed E-state index contributed by atoms with van der Waals surface area (Å²) in [5.74, 6) is -0.877. The monoisotopic (exact) mass is 504 g/mol. The number of carbonyl (C=O) groups excluding carboxylic acids is 3. The Morgan fingerprint density at radius 1 is 0.906 bits per heavy atom. The lowest BCUT2D eigenvalue weighted by Crippen LogP contribution is -2.31. The van der Waals surface area contributed by atoms with Crippen molar-refractivity contribution >= 4 is 75.7 Å². The molecule has 0 spiro atoms. The molecule has 3 aromatic rings. The molecule has 1 heterocycles. The lowest BCUT2D eigenvalue weighted by molar-refractivity contribution is -0.121. The zero-order valence-electron chi connectivity index (χ0n) is 16.3. The number of halogens is 3. The molecule has 1 aliphatic heterocycles. The number of carbonyl (C=O) groups is 3. The number of nitrogens with zero attached hydrogens (tertiary/aromatic N) is 1. The van der Waals surface area contributed by atoms with Crippen LogP contribution in [0.3, 0.4) is 0 Å². The molecule has 5 nitrogen and oxygen atoms in total. The second kappa shape index (κ2) is 9.55. The molecule has 1 N–H and O–H groups in total. The third kappa shape index (κ3) is 4.94. The van der Waals surface area contributed by atoms with Crippen molar-refractivity contribution in [2.45, 2.75) is 16.6 Å². The molecule has 1 fully saturated rings. The topological polar surface area (TPSA) is 66.5 Å². The van der Waals surface area contributed by atoms with Gasteiger partial charge >= 0.3 is 0 Å². The third-order valence-corrected chi connectivity index (χ3v) is 6.75. The maximum Gasteiger partial charge on any atom is 0.257 e. The summed E-state index contributed by atoms with van der Waals surface area (Å²) in [5.41, 5.74) is 1.39. The Morgan fingerprint density at radius 3 is 2.22 bits per heavy atom. The lowest BCUT2D eigenvalue weighted by Gasteiger charge is -2.15. The Kier molecular flexibility index (Phi) is 6.76. The Bertz CT molecular complexity index is 1200. The van der Waals surface area contributed by atoms with Crippen molar-refractivity contribution in [1.82, 2.24) is 0 Å². The first-order valence-corrected chi connectivity index (χ1v) is 11.5. The molecule has 4 rings (SSSR count). The highest BCUT2D eigenvalue weighted by molar-refractivity contribution is 8.00. The maximum atomic E-state index is 12.8. The van der Waals surface area contributed by atoms with Gasteiger partial charge in [-0.25, -0.2) is 4.90 Å². The smallest absolute Gasteiger partial charge is 0.257 e. The molecule has 3 aromatic carbocycles. The van der Waals surface area contributed by atoms with Crippen LogP contribution in [0.5, 0.6) is 0 Å². The van der Waals surface area contributed by atoms with Gasteiger partial charge in [-0.05, 0) is 66.7 Å². The van der Waals surface area contributed by atoms with Crippen LogP contribution in [-0.4, -0.2) is 23.0 Å². The predicted molar refractivity (Wildman–Crippen MR) is 129 cm³/mol. The maximum absolute atomic E-state index is 12.8. The average molecular weight is 506 g/mol. The Balaban J connectivity index is 1.41. The highest BCUT2D eigenvalue weighted by Crippen LogP contribution is 2.34. The van der Waals surface area contributed by atoms with Crippen LogP contribution in [0.4, 0.5) is 11.4 Å². The summed E-state index contributed by atoms with van der Waals surface area (Å²) >= 11 is 19.1. The average Bonchev–Trinajstić information content (AvgIpc) is 3.03. The first-order chi connectivity index (χ1) is 15.3. The summed E-state index contributed by atoms with van der Waals surface area (Å²) in [6.07, 6.45) is 0.111. The number of rotatable bonds is 5. The number of anilines is 2. The number of amides is 3. The van der Waals surface area contributed by atoms with Crippen LogP contribution < -0.4 is 10.2 Å². The Labute approximate surface area is 203 Å². The molecule has 1 atom stereocenters. The second-order valence-electron chi connectivity index (χ2n) is 6.96. The second-order valence-corrected chi connectivity index (χ2v) is 9.51. The van der Waals surface area contributed by atoms with Crippen LogP contribution in [0, 0.1) is 0 Å². The van der Waals surface area contributed by atoms with E-state index in [1.807, 2.05) is 0 Å². The van der Waals surface area contributed by atoms with Crippen LogP contribution >= 0.6 is 46.6 Å². The minimum atomic E-state index is -0.522. The van der Waals surface area contributed by atoms with Crippen molar-refractivity contribution in [3.63, 3.8) is 0 Å². The number of imide groups is 1. The number of hydrogen-bond acceptors (Lipinski definition) is 4. The van der Waals surface area contributed by atoms with E-state index in [0.717, 1.165) is 4.90 Å². The number of thioether (sulfide) groups is 1. The standard InChI is InChI=1S/C23H15Cl3N2O3S/c24-13-1-6-16(7-2-13)28-21(29)12-20(23(28)31)32-17-8-4-15(5-9-17)27-22(30)18-10-3-14(25)11-19(18)26/h1-11,20H,12H2,(H,27,30). The van der Waals surface area contributed by atoms with Crippen LogP contribution in [0.25, 0.3) is 0 Å². The fourth-order valence-corrected chi connectivity index (χ4v) is 4.88. The van der Waals surface area contributed by atoms with Gasteiger partial charge in [0.15, 0.2) is 0 Å². The molecule has 0 aliphatic carbocycles. The van der Waals surface area contributed by atoms with Crippen LogP contribution in [0.15, 0.2) is 71.6 Å². The number of nitrogens with one attached hydrogen (secondary N) is 1. The van der Waals surface area contributed by atoms with Crippen LogP contribution in [-0.2, 0) is 9.59 Å². The van der Waals surface area contributed by atoms with E-state index in [4.69, 9.17) is 34.8 Å². The zero-order valence-corrected chi connectivity index (χ0v) is 19.4. The van der Waals surface area contributed by atoms with Crippen molar-refractivity contribution < 1.29 is 14.4 Å². The van der Waals surface area contributed by atoms with Gasteiger partial charge < -0.3 is 5.32 Å². The predicted octanol–water partition coefficient (Wildman–Crippen LogP) is 6.32. The summed E-state index contributed by atoms with van der Waals surface area (Å²) in [6.45, 7) is 0. The Morgan fingerprint density at radius 2 is 1.56 bits per heavy atom. The number of benzene rings is 3. The van der Waals surface area contributed by atoms with Crippen molar-refractivity contribution in [3.8, 4) is 0 Å². The van der Waals surface area contributed by atoms with Gasteiger partial charge in [0, 0.05) is 27.0 Å². The van der Waals surface area contributed by atoms with Gasteiger partial charge in [-0.2, -0.15) is 0 Å². The molecule has 1 unspecified atom stereocenters.